The Kier molecular flexibility index (Phi) is 2.41. The molecule has 0 unspecified atom stereocenters. The first-order valence-electron chi connectivity index (χ1n) is 3.18. The summed E-state index contributed by atoms with van der Waals surface area (Å²) in [5.74, 6) is 0. The van der Waals surface area contributed by atoms with Crippen molar-refractivity contribution in [2.75, 3.05) is 0 Å². The zero-order valence-electron chi connectivity index (χ0n) is 5.94. The summed E-state index contributed by atoms with van der Waals surface area (Å²) < 4.78 is 0. The smallest absolute Gasteiger partial charge is 0.423 e. The lowest BCUT2D eigenvalue weighted by molar-refractivity contribution is 0.425. The average molecular weight is 149 g/mol. The van der Waals surface area contributed by atoms with E-state index in [2.05, 4.69) is 11.6 Å². The molecule has 0 radical (unpaired) electrons. The van der Waals surface area contributed by atoms with Crippen molar-refractivity contribution in [3.63, 3.8) is 0 Å². The predicted octanol–water partition coefficient (Wildman–Crippen LogP) is -0.596. The molecule has 0 aliphatic rings. The molecular weight excluding hydrogens is 141 g/mol. The van der Waals surface area contributed by atoms with E-state index in [1.54, 1.807) is 18.2 Å². The molecule has 2 N–H and O–H groups in total. The molecule has 1 heterocycles. The van der Waals surface area contributed by atoms with Crippen molar-refractivity contribution < 1.29 is 10.0 Å². The Balaban J connectivity index is 2.91. The quantitative estimate of drug-likeness (QED) is 0.552. The molecule has 0 bridgehead atoms. The number of hydrogen-bond donors (Lipinski definition) is 2. The van der Waals surface area contributed by atoms with E-state index in [9.17, 15) is 0 Å². The second kappa shape index (κ2) is 3.32. The average Bonchev–Trinajstić information content (AvgIpc) is 2.05. The van der Waals surface area contributed by atoms with Crippen LogP contribution in [0.5, 0.6) is 0 Å². The van der Waals surface area contributed by atoms with Crippen molar-refractivity contribution in [2.45, 2.75) is 0 Å². The van der Waals surface area contributed by atoms with Gasteiger partial charge in [-0.15, -0.1) is 0 Å². The zero-order valence-corrected chi connectivity index (χ0v) is 5.94. The fourth-order valence-electron chi connectivity index (χ4n) is 0.690. The van der Waals surface area contributed by atoms with E-state index in [4.69, 9.17) is 10.0 Å². The fraction of sp³-hybridized carbons (Fsp3) is 0. The second-order valence-corrected chi connectivity index (χ2v) is 2.09. The van der Waals surface area contributed by atoms with Gasteiger partial charge in [0.1, 0.15) is 0 Å². The Morgan fingerprint density at radius 1 is 1.45 bits per heavy atom. The van der Waals surface area contributed by atoms with Gasteiger partial charge in [-0.3, -0.25) is 4.98 Å². The number of aromatic nitrogens is 1. The van der Waals surface area contributed by atoms with E-state index in [0.29, 0.717) is 5.46 Å². The molecule has 0 amide bonds. The summed E-state index contributed by atoms with van der Waals surface area (Å²) in [4.78, 5) is 3.88. The van der Waals surface area contributed by atoms with E-state index in [1.807, 2.05) is 0 Å². The molecule has 1 aromatic heterocycles. The van der Waals surface area contributed by atoms with Crippen LogP contribution in [-0.4, -0.2) is 22.2 Å². The SMILES string of the molecule is C=Cc1ccc(B(O)O)cn1. The molecular formula is C7H8BNO2. The molecule has 0 atom stereocenters. The van der Waals surface area contributed by atoms with Crippen LogP contribution in [0.3, 0.4) is 0 Å². The van der Waals surface area contributed by atoms with Crippen molar-refractivity contribution >= 4 is 18.7 Å². The van der Waals surface area contributed by atoms with Gasteiger partial charge in [0.15, 0.2) is 0 Å². The van der Waals surface area contributed by atoms with Gasteiger partial charge in [-0.05, 0) is 12.1 Å². The molecule has 4 heteroatoms. The lowest BCUT2D eigenvalue weighted by atomic mass is 9.82. The third-order valence-electron chi connectivity index (χ3n) is 1.32. The van der Waals surface area contributed by atoms with Gasteiger partial charge in [0.25, 0.3) is 0 Å². The Hall–Kier alpha value is -1.13. The highest BCUT2D eigenvalue weighted by Crippen LogP contribution is 1.92. The van der Waals surface area contributed by atoms with Crippen LogP contribution in [0.4, 0.5) is 0 Å². The second-order valence-electron chi connectivity index (χ2n) is 2.09. The van der Waals surface area contributed by atoms with Crippen LogP contribution in [0, 0.1) is 0 Å². The molecule has 0 aliphatic heterocycles. The highest BCUT2D eigenvalue weighted by atomic mass is 16.4. The lowest BCUT2D eigenvalue weighted by Gasteiger charge is -1.97. The Labute approximate surface area is 65.2 Å². The zero-order chi connectivity index (χ0) is 8.27. The fourth-order valence-corrected chi connectivity index (χ4v) is 0.690. The Morgan fingerprint density at radius 3 is 2.55 bits per heavy atom. The summed E-state index contributed by atoms with van der Waals surface area (Å²) in [6.07, 6.45) is 3.00. The van der Waals surface area contributed by atoms with Crippen molar-refractivity contribution in [3.05, 3.63) is 30.6 Å². The van der Waals surface area contributed by atoms with Crippen molar-refractivity contribution in [3.8, 4) is 0 Å². The maximum atomic E-state index is 8.68. The topological polar surface area (TPSA) is 53.4 Å². The van der Waals surface area contributed by atoms with Gasteiger partial charge in [-0.2, -0.15) is 0 Å². The summed E-state index contributed by atoms with van der Waals surface area (Å²) in [6, 6.07) is 3.26. The molecule has 0 saturated heterocycles. The van der Waals surface area contributed by atoms with E-state index >= 15 is 0 Å². The van der Waals surface area contributed by atoms with Gasteiger partial charge in [-0.1, -0.05) is 12.6 Å². The highest BCUT2D eigenvalue weighted by molar-refractivity contribution is 6.58. The minimum Gasteiger partial charge on any atom is -0.423 e. The molecule has 0 aromatic carbocycles. The Morgan fingerprint density at radius 2 is 2.18 bits per heavy atom. The van der Waals surface area contributed by atoms with Crippen LogP contribution in [-0.2, 0) is 0 Å². The first kappa shape index (κ1) is 7.98. The number of rotatable bonds is 2. The number of pyridine rings is 1. The first-order valence-corrected chi connectivity index (χ1v) is 3.18. The Bertz CT molecular complexity index is 245. The third-order valence-corrected chi connectivity index (χ3v) is 1.32. The van der Waals surface area contributed by atoms with E-state index in [0.717, 1.165) is 5.69 Å². The maximum absolute atomic E-state index is 8.68. The summed E-state index contributed by atoms with van der Waals surface area (Å²) in [7, 11) is -1.44. The van der Waals surface area contributed by atoms with Crippen LogP contribution >= 0.6 is 0 Å². The van der Waals surface area contributed by atoms with Crippen LogP contribution in [0.25, 0.3) is 6.08 Å². The minimum absolute atomic E-state index is 0.385. The monoisotopic (exact) mass is 149 g/mol. The van der Waals surface area contributed by atoms with Gasteiger partial charge in [0.05, 0.1) is 5.69 Å². The molecule has 1 rings (SSSR count). The summed E-state index contributed by atoms with van der Waals surface area (Å²) in [5.41, 5.74) is 1.10. The first-order chi connectivity index (χ1) is 5.24. The summed E-state index contributed by atoms with van der Waals surface area (Å²) in [6.45, 7) is 3.52. The minimum atomic E-state index is -1.44. The van der Waals surface area contributed by atoms with Gasteiger partial charge >= 0.3 is 7.12 Å². The lowest BCUT2D eigenvalue weighted by Crippen LogP contribution is -2.29. The van der Waals surface area contributed by atoms with Crippen LogP contribution in [0.15, 0.2) is 24.9 Å². The van der Waals surface area contributed by atoms with Crippen LogP contribution in [0.1, 0.15) is 5.69 Å². The van der Waals surface area contributed by atoms with Crippen molar-refractivity contribution in [2.24, 2.45) is 0 Å². The summed E-state index contributed by atoms with van der Waals surface area (Å²) in [5, 5.41) is 17.4. The predicted molar refractivity (Wildman–Crippen MR) is 44.2 cm³/mol. The molecule has 56 valence electrons. The number of hydrogen-bond acceptors (Lipinski definition) is 3. The molecule has 3 nitrogen and oxygen atoms in total. The van der Waals surface area contributed by atoms with Crippen LogP contribution in [0.2, 0.25) is 0 Å². The van der Waals surface area contributed by atoms with Gasteiger partial charge in [0.2, 0.25) is 0 Å². The van der Waals surface area contributed by atoms with Crippen molar-refractivity contribution in [1.29, 1.82) is 0 Å². The largest absolute Gasteiger partial charge is 0.490 e. The highest BCUT2D eigenvalue weighted by Gasteiger charge is 2.09. The maximum Gasteiger partial charge on any atom is 0.490 e. The molecule has 0 saturated carbocycles. The molecule has 11 heavy (non-hydrogen) atoms. The molecule has 0 spiro atoms. The van der Waals surface area contributed by atoms with E-state index in [-0.39, 0.29) is 0 Å². The summed E-state index contributed by atoms with van der Waals surface area (Å²) >= 11 is 0. The molecule has 0 aliphatic carbocycles. The van der Waals surface area contributed by atoms with Crippen LogP contribution < -0.4 is 5.46 Å². The standard InChI is InChI=1S/C7H8BNO2/c1-2-7-4-3-6(5-9-7)8(10)11/h2-5,10-11H,1H2. The van der Waals surface area contributed by atoms with Gasteiger partial charge in [-0.25, -0.2) is 0 Å². The van der Waals surface area contributed by atoms with Crippen molar-refractivity contribution in [1.82, 2.24) is 4.98 Å². The van der Waals surface area contributed by atoms with E-state index < -0.39 is 7.12 Å². The van der Waals surface area contributed by atoms with Gasteiger partial charge in [0, 0.05) is 11.7 Å². The molecule has 1 aromatic rings. The third kappa shape index (κ3) is 1.90. The number of nitrogens with zero attached hydrogens (tertiary/aromatic N) is 1. The van der Waals surface area contributed by atoms with E-state index in [1.165, 1.54) is 6.20 Å². The van der Waals surface area contributed by atoms with Gasteiger partial charge < -0.3 is 10.0 Å². The normalized spacial score (nSPS) is 9.27. The molecule has 0 fully saturated rings.